The lowest BCUT2D eigenvalue weighted by atomic mass is 9.45. The van der Waals surface area contributed by atoms with Crippen LogP contribution in [0.5, 0.6) is 0 Å². The number of carbonyl (C=O) groups excluding carboxylic acids is 1. The Hall–Kier alpha value is 0.200. The quantitative estimate of drug-likeness (QED) is 0.181. The smallest absolute Gasteiger partial charge is 0.316 e. The minimum absolute atomic E-state index is 0.0324. The van der Waals surface area contributed by atoms with Crippen molar-refractivity contribution in [2.24, 2.45) is 57.7 Å². The van der Waals surface area contributed by atoms with E-state index in [0.29, 0.717) is 20.7 Å². The highest BCUT2D eigenvalue weighted by Crippen LogP contribution is 2.82. The number of fused-ring (bicyclic) bond motifs is 4. The maximum atomic E-state index is 12.4. The van der Waals surface area contributed by atoms with Crippen LogP contribution in [0.1, 0.15) is 105 Å². The van der Waals surface area contributed by atoms with Crippen LogP contribution >= 0.6 is 22.6 Å². The fourth-order valence-electron chi connectivity index (χ4n) is 10.6. The fraction of sp³-hybridized carbons (Fsp3) is 0.966. The molecule has 32 heavy (non-hydrogen) atoms. The molecule has 0 aromatic carbocycles. The summed E-state index contributed by atoms with van der Waals surface area (Å²) in [5.74, 6) is 5.97. The lowest BCUT2D eigenvalue weighted by Crippen LogP contribution is -2.57. The monoisotopic (exact) mass is 554 g/mol. The molecule has 0 amide bonds. The Morgan fingerprint density at radius 2 is 1.81 bits per heavy atom. The summed E-state index contributed by atoms with van der Waals surface area (Å²) in [6.45, 7) is 12.6. The van der Waals surface area contributed by atoms with Crippen LogP contribution in [0.15, 0.2) is 0 Å². The number of hydrogen-bond donors (Lipinski definition) is 0. The normalized spacial score (nSPS) is 49.7. The first-order valence-corrected chi connectivity index (χ1v) is 15.5. The Kier molecular flexibility index (Phi) is 6.28. The molecule has 0 N–H and O–H groups in total. The average Bonchev–Trinajstić information content (AvgIpc) is 3.26. The van der Waals surface area contributed by atoms with Crippen molar-refractivity contribution in [1.82, 2.24) is 0 Å². The number of alkyl halides is 1. The summed E-state index contributed by atoms with van der Waals surface area (Å²) in [4.78, 5) is 12.4. The third-order valence-electron chi connectivity index (χ3n) is 12.1. The first-order chi connectivity index (χ1) is 15.2. The molecule has 0 unspecified atom stereocenters. The highest BCUT2D eigenvalue weighted by Gasteiger charge is 2.78. The Morgan fingerprint density at radius 1 is 1.03 bits per heavy atom. The third kappa shape index (κ3) is 3.39. The van der Waals surface area contributed by atoms with Crippen LogP contribution < -0.4 is 0 Å². The van der Waals surface area contributed by atoms with Gasteiger partial charge in [-0.3, -0.25) is 4.79 Å². The van der Waals surface area contributed by atoms with Crippen LogP contribution in [-0.2, 0) is 9.53 Å². The van der Waals surface area contributed by atoms with Crippen LogP contribution in [-0.4, -0.2) is 16.5 Å². The molecule has 5 fully saturated rings. The molecule has 0 heterocycles. The third-order valence-corrected chi connectivity index (χ3v) is 12.8. The summed E-state index contributed by atoms with van der Waals surface area (Å²) in [6.07, 6.45) is 15.4. The number of esters is 1. The Balaban J connectivity index is 1.37. The van der Waals surface area contributed by atoms with Crippen LogP contribution in [0.2, 0.25) is 0 Å². The first-order valence-electron chi connectivity index (χ1n) is 13.9. The van der Waals surface area contributed by atoms with Gasteiger partial charge in [0.2, 0.25) is 0 Å². The number of halogens is 1. The molecule has 0 aliphatic heterocycles. The zero-order chi connectivity index (χ0) is 22.9. The van der Waals surface area contributed by atoms with Gasteiger partial charge in [-0.05, 0) is 104 Å². The van der Waals surface area contributed by atoms with Crippen molar-refractivity contribution >= 4 is 28.6 Å². The summed E-state index contributed by atoms with van der Waals surface area (Å²) in [6, 6.07) is 0. The summed E-state index contributed by atoms with van der Waals surface area (Å²) in [7, 11) is 0. The van der Waals surface area contributed by atoms with E-state index in [9.17, 15) is 4.79 Å². The van der Waals surface area contributed by atoms with E-state index in [-0.39, 0.29) is 12.1 Å². The van der Waals surface area contributed by atoms with Gasteiger partial charge in [-0.1, -0.05) is 76.5 Å². The van der Waals surface area contributed by atoms with E-state index in [2.05, 4.69) is 57.2 Å². The van der Waals surface area contributed by atoms with Crippen molar-refractivity contribution in [3.8, 4) is 0 Å². The van der Waals surface area contributed by atoms with Crippen molar-refractivity contribution in [3.05, 3.63) is 0 Å². The van der Waals surface area contributed by atoms with Crippen molar-refractivity contribution < 1.29 is 9.53 Å². The van der Waals surface area contributed by atoms with Gasteiger partial charge in [-0.25, -0.2) is 0 Å². The first kappa shape index (κ1) is 23.9. The van der Waals surface area contributed by atoms with E-state index in [1.54, 1.807) is 0 Å². The number of ether oxygens (including phenoxy) is 1. The second-order valence-electron chi connectivity index (χ2n) is 13.7. The van der Waals surface area contributed by atoms with Gasteiger partial charge in [0.15, 0.2) is 0 Å². The van der Waals surface area contributed by atoms with Gasteiger partial charge in [0.25, 0.3) is 0 Å². The van der Waals surface area contributed by atoms with E-state index in [1.165, 1.54) is 70.6 Å². The van der Waals surface area contributed by atoms with Gasteiger partial charge in [0.1, 0.15) is 6.10 Å². The summed E-state index contributed by atoms with van der Waals surface area (Å²) in [5, 5.41) is 0. The van der Waals surface area contributed by atoms with Crippen LogP contribution in [0.3, 0.4) is 0 Å². The number of hydrogen-bond acceptors (Lipinski definition) is 2. The molecule has 3 heteroatoms. The molecular formula is C29H47IO2. The van der Waals surface area contributed by atoms with Crippen LogP contribution in [0.4, 0.5) is 0 Å². The molecular weight excluding hydrogens is 507 g/mol. The molecule has 0 radical (unpaired) electrons. The van der Waals surface area contributed by atoms with E-state index in [4.69, 9.17) is 4.74 Å². The second-order valence-corrected chi connectivity index (χ2v) is 14.4. The van der Waals surface area contributed by atoms with E-state index in [1.807, 2.05) is 0 Å². The zero-order valence-electron chi connectivity index (χ0n) is 21.3. The predicted molar refractivity (Wildman–Crippen MR) is 140 cm³/mol. The molecule has 5 saturated carbocycles. The molecule has 5 aliphatic rings. The highest BCUT2D eigenvalue weighted by atomic mass is 127. The summed E-state index contributed by atoms with van der Waals surface area (Å²) in [5.41, 5.74) is 1.27. The topological polar surface area (TPSA) is 26.3 Å². The molecule has 182 valence electrons. The van der Waals surface area contributed by atoms with Crippen LogP contribution in [0, 0.1) is 57.7 Å². The minimum Gasteiger partial charge on any atom is -0.461 e. The molecule has 10 atom stereocenters. The van der Waals surface area contributed by atoms with Crippen LogP contribution in [0.25, 0.3) is 0 Å². The molecule has 0 bridgehead atoms. The van der Waals surface area contributed by atoms with Gasteiger partial charge in [0.05, 0.1) is 4.43 Å². The molecule has 0 aromatic heterocycles. The second kappa shape index (κ2) is 8.40. The minimum atomic E-state index is 0.0324. The Bertz CT molecular complexity index is 735. The molecule has 1 spiro atoms. The van der Waals surface area contributed by atoms with E-state index >= 15 is 0 Å². The largest absolute Gasteiger partial charge is 0.461 e. The van der Waals surface area contributed by atoms with Gasteiger partial charge in [-0.2, -0.15) is 0 Å². The summed E-state index contributed by atoms with van der Waals surface area (Å²) < 4.78 is 6.80. The van der Waals surface area contributed by atoms with Gasteiger partial charge in [-0.15, -0.1) is 0 Å². The zero-order valence-corrected chi connectivity index (χ0v) is 23.5. The van der Waals surface area contributed by atoms with Crippen molar-refractivity contribution in [1.29, 1.82) is 0 Å². The van der Waals surface area contributed by atoms with E-state index < -0.39 is 0 Å². The summed E-state index contributed by atoms with van der Waals surface area (Å²) >= 11 is 2.19. The lowest BCUT2D eigenvalue weighted by Gasteiger charge is -2.60. The van der Waals surface area contributed by atoms with Crippen molar-refractivity contribution in [2.45, 2.75) is 111 Å². The number of rotatable bonds is 7. The highest BCUT2D eigenvalue weighted by molar-refractivity contribution is 14.1. The maximum absolute atomic E-state index is 12.4. The predicted octanol–water partition coefficient (Wildman–Crippen LogP) is 8.06. The molecule has 0 saturated heterocycles. The molecule has 5 rings (SSSR count). The Morgan fingerprint density at radius 3 is 2.50 bits per heavy atom. The number of carbonyl (C=O) groups is 1. The maximum Gasteiger partial charge on any atom is 0.316 e. The lowest BCUT2D eigenvalue weighted by molar-refractivity contribution is -0.181. The molecule has 0 aromatic rings. The van der Waals surface area contributed by atoms with Crippen molar-refractivity contribution in [3.63, 3.8) is 0 Å². The molecule has 5 aliphatic carbocycles. The standard InChI is InChI=1S/C29H47IO2/c1-18(2)7-6-8-19(3)22-9-10-23-21-15-25(32-26(31)17-30)29-16-20(29)11-14-28(29,5)24(21)12-13-27(22,23)4/h18-25H,6-17H2,1-5H3/t19-,20-,21+,22-,23+,24+,25+,27-,28-,29+/m1/s1. The van der Waals surface area contributed by atoms with Gasteiger partial charge >= 0.3 is 5.97 Å². The average molecular weight is 555 g/mol. The fourth-order valence-corrected chi connectivity index (χ4v) is 10.8. The van der Waals surface area contributed by atoms with E-state index in [0.717, 1.165) is 41.4 Å². The molecule has 2 nitrogen and oxygen atoms in total. The Labute approximate surface area is 210 Å². The van der Waals surface area contributed by atoms with Crippen molar-refractivity contribution in [2.75, 3.05) is 4.43 Å². The van der Waals surface area contributed by atoms with Gasteiger partial charge in [0, 0.05) is 5.41 Å². The van der Waals surface area contributed by atoms with Gasteiger partial charge < -0.3 is 4.74 Å². The SMILES string of the molecule is CC(C)CCC[C@@H](C)[C@H]1CC[C@H]2[C@@H]3C[C@H](OC(=O)CI)[C@]45C[C@H]4CC[C@]5(C)[C@H]3CC[C@]12C.